The number of aromatic nitrogens is 1. The van der Waals surface area contributed by atoms with Gasteiger partial charge in [0.15, 0.2) is 0 Å². The molecule has 1 fully saturated rings. The molecule has 1 aromatic heterocycles. The molecule has 0 unspecified atom stereocenters. The van der Waals surface area contributed by atoms with E-state index in [9.17, 15) is 4.79 Å². The molecule has 28 heavy (non-hydrogen) atoms. The van der Waals surface area contributed by atoms with Crippen molar-refractivity contribution in [2.45, 2.75) is 44.6 Å². The van der Waals surface area contributed by atoms with E-state index >= 15 is 0 Å². The molecule has 0 bridgehead atoms. The molecule has 2 aliphatic heterocycles. The Morgan fingerprint density at radius 1 is 1.11 bits per heavy atom. The van der Waals surface area contributed by atoms with E-state index in [0.29, 0.717) is 13.1 Å². The van der Waals surface area contributed by atoms with E-state index in [2.05, 4.69) is 17.0 Å². The van der Waals surface area contributed by atoms with Crippen LogP contribution in [0.2, 0.25) is 0 Å². The van der Waals surface area contributed by atoms with Gasteiger partial charge in [-0.1, -0.05) is 12.1 Å². The molecule has 0 atom stereocenters. The van der Waals surface area contributed by atoms with Gasteiger partial charge in [0.1, 0.15) is 5.60 Å². The summed E-state index contributed by atoms with van der Waals surface area (Å²) >= 11 is 0. The number of pyridine rings is 1. The second-order valence-electron chi connectivity index (χ2n) is 8.76. The highest BCUT2D eigenvalue weighted by atomic mass is 16.6. The van der Waals surface area contributed by atoms with Gasteiger partial charge in [0.25, 0.3) is 0 Å². The highest BCUT2D eigenvalue weighted by molar-refractivity contribution is 5.79. The Balaban J connectivity index is 1.58. The molecule has 0 aliphatic carbocycles. The van der Waals surface area contributed by atoms with Crippen LogP contribution in [0.15, 0.2) is 42.6 Å². The Hall–Kier alpha value is -2.76. The monoisotopic (exact) mass is 380 g/mol. The van der Waals surface area contributed by atoms with E-state index in [1.165, 1.54) is 0 Å². The third-order valence-electron chi connectivity index (χ3n) is 5.64. The lowest BCUT2D eigenvalue weighted by Crippen LogP contribution is -2.48. The fourth-order valence-electron chi connectivity index (χ4n) is 4.27. The number of nitrogens with two attached hydrogens (primary N) is 1. The normalized spacial score (nSPS) is 18.2. The van der Waals surface area contributed by atoms with E-state index in [1.54, 1.807) is 0 Å². The van der Waals surface area contributed by atoms with Gasteiger partial charge >= 0.3 is 6.09 Å². The number of piperidine rings is 1. The molecule has 6 heteroatoms. The third-order valence-corrected chi connectivity index (χ3v) is 5.64. The average molecular weight is 380 g/mol. The third kappa shape index (κ3) is 3.28. The lowest BCUT2D eigenvalue weighted by molar-refractivity contribution is 0.0169. The van der Waals surface area contributed by atoms with E-state index in [0.717, 1.165) is 42.1 Å². The topological polar surface area (TPSA) is 71.7 Å². The summed E-state index contributed by atoms with van der Waals surface area (Å²) in [4.78, 5) is 21.3. The Morgan fingerprint density at radius 2 is 1.79 bits per heavy atom. The van der Waals surface area contributed by atoms with Gasteiger partial charge in [-0.3, -0.25) is 4.98 Å². The van der Waals surface area contributed by atoms with Crippen molar-refractivity contribution in [3.05, 3.63) is 48.3 Å². The van der Waals surface area contributed by atoms with Crippen molar-refractivity contribution >= 4 is 23.2 Å². The van der Waals surface area contributed by atoms with E-state index in [1.807, 2.05) is 56.1 Å². The molecule has 1 aromatic carbocycles. The van der Waals surface area contributed by atoms with Crippen molar-refractivity contribution in [2.24, 2.45) is 0 Å². The summed E-state index contributed by atoms with van der Waals surface area (Å²) in [6, 6.07) is 12.0. The Bertz CT molecular complexity index is 882. The predicted molar refractivity (Wildman–Crippen MR) is 111 cm³/mol. The van der Waals surface area contributed by atoms with Crippen LogP contribution in [0.1, 0.15) is 39.3 Å². The maximum absolute atomic E-state index is 12.5. The number of benzene rings is 1. The summed E-state index contributed by atoms with van der Waals surface area (Å²) in [6.07, 6.45) is 3.35. The van der Waals surface area contributed by atoms with Gasteiger partial charge < -0.3 is 20.3 Å². The number of hydrogen-bond donors (Lipinski definition) is 1. The fourth-order valence-corrected chi connectivity index (χ4v) is 4.27. The van der Waals surface area contributed by atoms with Crippen LogP contribution in [0, 0.1) is 0 Å². The van der Waals surface area contributed by atoms with Gasteiger partial charge in [0, 0.05) is 31.2 Å². The summed E-state index contributed by atoms with van der Waals surface area (Å²) in [5, 5.41) is 0. The molecular formula is C22H28N4O2. The molecule has 2 N–H and O–H groups in total. The lowest BCUT2D eigenvalue weighted by Gasteiger charge is -2.39. The first-order chi connectivity index (χ1) is 13.3. The van der Waals surface area contributed by atoms with Gasteiger partial charge in [0.05, 0.1) is 22.8 Å². The maximum atomic E-state index is 12.5. The van der Waals surface area contributed by atoms with Crippen LogP contribution in [-0.4, -0.2) is 41.2 Å². The SMILES string of the molecule is CC(C)(C)OC(=O)N1CCC2(CC1)CN(c1ccccc1N)c1cccnc12. The standard InChI is InChI=1S/C22H28N4O2/c1-21(2,3)28-20(27)25-13-10-22(11-14-25)15-26(17-8-5-4-7-16(17)23)18-9-6-12-24-19(18)22/h4-9,12H,10-11,13-15,23H2,1-3H3. The molecule has 1 saturated heterocycles. The molecule has 4 rings (SSSR count). The number of ether oxygens (including phenoxy) is 1. The number of carbonyl (C=O) groups excluding carboxylic acids is 1. The first-order valence-electron chi connectivity index (χ1n) is 9.85. The van der Waals surface area contributed by atoms with E-state index in [4.69, 9.17) is 15.5 Å². The zero-order valence-electron chi connectivity index (χ0n) is 16.8. The lowest BCUT2D eigenvalue weighted by atomic mass is 9.77. The van der Waals surface area contributed by atoms with Gasteiger partial charge in [-0.05, 0) is 57.9 Å². The number of carbonyl (C=O) groups is 1. The number of amides is 1. The van der Waals surface area contributed by atoms with Crippen LogP contribution in [0.4, 0.5) is 21.9 Å². The summed E-state index contributed by atoms with van der Waals surface area (Å²) in [5.74, 6) is 0. The van der Waals surface area contributed by atoms with Crippen LogP contribution in [0.25, 0.3) is 0 Å². The molecule has 148 valence electrons. The van der Waals surface area contributed by atoms with Crippen LogP contribution < -0.4 is 10.6 Å². The molecule has 6 nitrogen and oxygen atoms in total. The zero-order valence-corrected chi connectivity index (χ0v) is 16.8. The van der Waals surface area contributed by atoms with Crippen LogP contribution >= 0.6 is 0 Å². The van der Waals surface area contributed by atoms with Crippen molar-refractivity contribution in [1.29, 1.82) is 0 Å². The highest BCUT2D eigenvalue weighted by Crippen LogP contribution is 2.49. The van der Waals surface area contributed by atoms with Gasteiger partial charge in [-0.25, -0.2) is 4.79 Å². The predicted octanol–water partition coefficient (Wildman–Crippen LogP) is 4.08. The van der Waals surface area contributed by atoms with Crippen LogP contribution in [-0.2, 0) is 10.2 Å². The largest absolute Gasteiger partial charge is 0.444 e. The summed E-state index contributed by atoms with van der Waals surface area (Å²) in [5.41, 5.74) is 9.73. The van der Waals surface area contributed by atoms with Crippen molar-refractivity contribution in [3.8, 4) is 0 Å². The minimum Gasteiger partial charge on any atom is -0.444 e. The molecular weight excluding hydrogens is 352 g/mol. The van der Waals surface area contributed by atoms with Crippen molar-refractivity contribution in [1.82, 2.24) is 9.88 Å². The number of nitrogen functional groups attached to an aromatic ring is 1. The number of hydrogen-bond acceptors (Lipinski definition) is 5. The molecule has 0 saturated carbocycles. The molecule has 1 spiro atoms. The Morgan fingerprint density at radius 3 is 2.46 bits per heavy atom. The van der Waals surface area contributed by atoms with Crippen molar-refractivity contribution < 1.29 is 9.53 Å². The molecule has 3 heterocycles. The maximum Gasteiger partial charge on any atom is 0.410 e. The Labute approximate surface area is 166 Å². The van der Waals surface area contributed by atoms with Gasteiger partial charge in [-0.2, -0.15) is 0 Å². The van der Waals surface area contributed by atoms with E-state index in [-0.39, 0.29) is 11.5 Å². The first-order valence-corrected chi connectivity index (χ1v) is 9.85. The molecule has 2 aliphatic rings. The van der Waals surface area contributed by atoms with E-state index < -0.39 is 5.60 Å². The van der Waals surface area contributed by atoms with Gasteiger partial charge in [0.2, 0.25) is 0 Å². The Kier molecular flexibility index (Phi) is 4.44. The summed E-state index contributed by atoms with van der Waals surface area (Å²) < 4.78 is 5.55. The number of nitrogens with zero attached hydrogens (tertiary/aromatic N) is 3. The minimum atomic E-state index is -0.477. The minimum absolute atomic E-state index is 0.0720. The second kappa shape index (κ2) is 6.69. The highest BCUT2D eigenvalue weighted by Gasteiger charge is 2.47. The second-order valence-corrected chi connectivity index (χ2v) is 8.76. The number of fused-ring (bicyclic) bond motifs is 2. The van der Waals surface area contributed by atoms with Gasteiger partial charge in [-0.15, -0.1) is 0 Å². The quantitative estimate of drug-likeness (QED) is 0.755. The number of rotatable bonds is 1. The first kappa shape index (κ1) is 18.6. The van der Waals surface area contributed by atoms with Crippen molar-refractivity contribution in [2.75, 3.05) is 30.3 Å². The zero-order chi connectivity index (χ0) is 19.9. The van der Waals surface area contributed by atoms with Crippen molar-refractivity contribution in [3.63, 3.8) is 0 Å². The summed E-state index contributed by atoms with van der Waals surface area (Å²) in [6.45, 7) is 7.86. The smallest absolute Gasteiger partial charge is 0.410 e. The molecule has 0 radical (unpaired) electrons. The molecule has 2 aromatic rings. The van der Waals surface area contributed by atoms with Crippen LogP contribution in [0.5, 0.6) is 0 Å². The molecule has 1 amide bonds. The van der Waals surface area contributed by atoms with Crippen LogP contribution in [0.3, 0.4) is 0 Å². The number of likely N-dealkylation sites (tertiary alicyclic amines) is 1. The number of anilines is 3. The average Bonchev–Trinajstić information content (AvgIpc) is 2.96. The fraction of sp³-hybridized carbons (Fsp3) is 0.455. The summed E-state index contributed by atoms with van der Waals surface area (Å²) in [7, 11) is 0. The number of para-hydroxylation sites is 2.